The van der Waals surface area contributed by atoms with E-state index in [1.165, 1.54) is 5.57 Å². The summed E-state index contributed by atoms with van der Waals surface area (Å²) in [6, 6.07) is 0. The van der Waals surface area contributed by atoms with E-state index in [0.717, 1.165) is 24.3 Å². The standard InChI is InChI=1S/C10H17N3/c1-8(2)5-4-6-13-7-10(11)9(3)12-13/h5,7H,4,6,11H2,1-3H3. The molecular formula is C10H17N3. The highest BCUT2D eigenvalue weighted by Crippen LogP contribution is 2.07. The quantitative estimate of drug-likeness (QED) is 0.722. The number of anilines is 1. The Morgan fingerprint density at radius 2 is 2.31 bits per heavy atom. The Hall–Kier alpha value is -1.25. The number of nitrogens with zero attached hydrogens (tertiary/aromatic N) is 2. The van der Waals surface area contributed by atoms with Gasteiger partial charge in [-0.15, -0.1) is 0 Å². The minimum absolute atomic E-state index is 0.775. The molecule has 72 valence electrons. The number of hydrogen-bond donors (Lipinski definition) is 1. The third kappa shape index (κ3) is 2.93. The van der Waals surface area contributed by atoms with Gasteiger partial charge in [0.1, 0.15) is 0 Å². The van der Waals surface area contributed by atoms with E-state index in [1.54, 1.807) is 0 Å². The molecule has 0 amide bonds. The topological polar surface area (TPSA) is 43.8 Å². The van der Waals surface area contributed by atoms with Gasteiger partial charge in [0.2, 0.25) is 0 Å². The molecule has 1 rings (SSSR count). The lowest BCUT2D eigenvalue weighted by molar-refractivity contribution is 0.617. The van der Waals surface area contributed by atoms with Crippen molar-refractivity contribution in [3.63, 3.8) is 0 Å². The Morgan fingerprint density at radius 3 is 2.77 bits per heavy atom. The summed E-state index contributed by atoms with van der Waals surface area (Å²) in [6.07, 6.45) is 5.10. The zero-order chi connectivity index (χ0) is 9.84. The molecule has 0 aliphatic carbocycles. The average molecular weight is 179 g/mol. The fourth-order valence-corrected chi connectivity index (χ4v) is 1.13. The maximum Gasteiger partial charge on any atom is 0.0822 e. The van der Waals surface area contributed by atoms with Gasteiger partial charge < -0.3 is 5.73 Å². The molecule has 0 saturated carbocycles. The van der Waals surface area contributed by atoms with Gasteiger partial charge >= 0.3 is 0 Å². The first-order valence-electron chi connectivity index (χ1n) is 4.52. The summed E-state index contributed by atoms with van der Waals surface area (Å²) in [7, 11) is 0. The van der Waals surface area contributed by atoms with Crippen molar-refractivity contribution in [1.82, 2.24) is 9.78 Å². The molecule has 0 bridgehead atoms. The summed E-state index contributed by atoms with van der Waals surface area (Å²) < 4.78 is 1.89. The van der Waals surface area contributed by atoms with E-state index >= 15 is 0 Å². The first-order chi connectivity index (χ1) is 6.09. The second-order valence-corrected chi connectivity index (χ2v) is 3.50. The van der Waals surface area contributed by atoms with Gasteiger partial charge in [0.25, 0.3) is 0 Å². The van der Waals surface area contributed by atoms with Crippen LogP contribution in [-0.4, -0.2) is 9.78 Å². The maximum atomic E-state index is 5.67. The van der Waals surface area contributed by atoms with E-state index < -0.39 is 0 Å². The SMILES string of the molecule is CC(C)=CCCn1cc(N)c(C)n1. The van der Waals surface area contributed by atoms with Gasteiger partial charge in [0, 0.05) is 12.7 Å². The Kier molecular flexibility index (Phi) is 3.12. The number of aromatic nitrogens is 2. The van der Waals surface area contributed by atoms with Crippen molar-refractivity contribution in [3.8, 4) is 0 Å². The highest BCUT2D eigenvalue weighted by atomic mass is 15.3. The van der Waals surface area contributed by atoms with Crippen LogP contribution in [0.4, 0.5) is 5.69 Å². The second kappa shape index (κ2) is 4.12. The number of allylic oxidation sites excluding steroid dienone is 2. The van der Waals surface area contributed by atoms with Crippen LogP contribution < -0.4 is 5.73 Å². The molecule has 3 nitrogen and oxygen atoms in total. The molecule has 1 aromatic heterocycles. The van der Waals surface area contributed by atoms with Gasteiger partial charge in [0.15, 0.2) is 0 Å². The van der Waals surface area contributed by atoms with Crippen LogP contribution in [0.15, 0.2) is 17.8 Å². The Bertz CT molecular complexity index is 286. The van der Waals surface area contributed by atoms with Crippen molar-refractivity contribution in [3.05, 3.63) is 23.5 Å². The van der Waals surface area contributed by atoms with Crippen LogP contribution in [0.25, 0.3) is 0 Å². The normalized spacial score (nSPS) is 10.1. The number of rotatable bonds is 3. The van der Waals surface area contributed by atoms with Crippen molar-refractivity contribution in [1.29, 1.82) is 0 Å². The fourth-order valence-electron chi connectivity index (χ4n) is 1.13. The van der Waals surface area contributed by atoms with Crippen molar-refractivity contribution in [2.75, 3.05) is 5.73 Å². The molecule has 0 fully saturated rings. The molecular weight excluding hydrogens is 162 g/mol. The first-order valence-corrected chi connectivity index (χ1v) is 4.52. The van der Waals surface area contributed by atoms with E-state index in [0.29, 0.717) is 0 Å². The summed E-state index contributed by atoms with van der Waals surface area (Å²) in [5, 5.41) is 4.27. The largest absolute Gasteiger partial charge is 0.396 e. The highest BCUT2D eigenvalue weighted by Gasteiger charge is 1.98. The monoisotopic (exact) mass is 179 g/mol. The molecule has 3 heteroatoms. The Labute approximate surface area is 79.2 Å². The van der Waals surface area contributed by atoms with E-state index in [-0.39, 0.29) is 0 Å². The van der Waals surface area contributed by atoms with Crippen LogP contribution in [0, 0.1) is 6.92 Å². The van der Waals surface area contributed by atoms with E-state index in [9.17, 15) is 0 Å². The van der Waals surface area contributed by atoms with Crippen LogP contribution in [0.2, 0.25) is 0 Å². The summed E-state index contributed by atoms with van der Waals surface area (Å²) >= 11 is 0. The van der Waals surface area contributed by atoms with Crippen LogP contribution in [0.3, 0.4) is 0 Å². The minimum atomic E-state index is 0.775. The molecule has 0 aromatic carbocycles. The van der Waals surface area contributed by atoms with E-state index in [2.05, 4.69) is 25.0 Å². The van der Waals surface area contributed by atoms with Crippen molar-refractivity contribution in [2.45, 2.75) is 33.7 Å². The molecule has 1 aromatic rings. The van der Waals surface area contributed by atoms with Gasteiger partial charge in [-0.3, -0.25) is 4.68 Å². The summed E-state index contributed by atoms with van der Waals surface area (Å²) in [5.74, 6) is 0. The Morgan fingerprint density at radius 1 is 1.62 bits per heavy atom. The minimum Gasteiger partial charge on any atom is -0.396 e. The van der Waals surface area contributed by atoms with Crippen LogP contribution in [0.1, 0.15) is 26.0 Å². The molecule has 2 N–H and O–H groups in total. The third-order valence-corrected chi connectivity index (χ3v) is 1.90. The summed E-state index contributed by atoms with van der Waals surface area (Å²) in [4.78, 5) is 0. The third-order valence-electron chi connectivity index (χ3n) is 1.90. The zero-order valence-corrected chi connectivity index (χ0v) is 8.54. The first kappa shape index (κ1) is 9.84. The number of hydrogen-bond acceptors (Lipinski definition) is 2. The van der Waals surface area contributed by atoms with Gasteiger partial charge in [-0.2, -0.15) is 5.10 Å². The summed E-state index contributed by atoms with van der Waals surface area (Å²) in [6.45, 7) is 7.03. The van der Waals surface area contributed by atoms with Gasteiger partial charge in [0.05, 0.1) is 11.4 Å². The molecule has 1 heterocycles. The predicted octanol–water partition coefficient (Wildman–Crippen LogP) is 2.13. The van der Waals surface area contributed by atoms with E-state index in [1.807, 2.05) is 17.8 Å². The average Bonchev–Trinajstić information content (AvgIpc) is 2.30. The lowest BCUT2D eigenvalue weighted by Gasteiger charge is -1.96. The zero-order valence-electron chi connectivity index (χ0n) is 8.54. The number of nitrogen functional groups attached to an aromatic ring is 1. The lowest BCUT2D eigenvalue weighted by atomic mass is 10.3. The smallest absolute Gasteiger partial charge is 0.0822 e. The fraction of sp³-hybridized carbons (Fsp3) is 0.500. The van der Waals surface area contributed by atoms with Crippen molar-refractivity contribution < 1.29 is 0 Å². The molecule has 0 aliphatic rings. The lowest BCUT2D eigenvalue weighted by Crippen LogP contribution is -1.97. The molecule has 0 unspecified atom stereocenters. The van der Waals surface area contributed by atoms with Gasteiger partial charge in [-0.25, -0.2) is 0 Å². The molecule has 0 spiro atoms. The number of aryl methyl sites for hydroxylation is 2. The second-order valence-electron chi connectivity index (χ2n) is 3.50. The molecule has 0 atom stereocenters. The number of nitrogens with two attached hydrogens (primary N) is 1. The highest BCUT2D eigenvalue weighted by molar-refractivity contribution is 5.39. The maximum absolute atomic E-state index is 5.67. The molecule has 0 radical (unpaired) electrons. The predicted molar refractivity (Wildman–Crippen MR) is 55.4 cm³/mol. The van der Waals surface area contributed by atoms with Crippen LogP contribution >= 0.6 is 0 Å². The van der Waals surface area contributed by atoms with Crippen LogP contribution in [-0.2, 0) is 6.54 Å². The van der Waals surface area contributed by atoms with Crippen molar-refractivity contribution in [2.24, 2.45) is 0 Å². The summed E-state index contributed by atoms with van der Waals surface area (Å²) in [5.41, 5.74) is 8.71. The van der Waals surface area contributed by atoms with Crippen molar-refractivity contribution >= 4 is 5.69 Å². The Balaban J connectivity index is 2.51. The molecule has 0 aliphatic heterocycles. The van der Waals surface area contributed by atoms with Crippen LogP contribution in [0.5, 0.6) is 0 Å². The van der Waals surface area contributed by atoms with E-state index in [4.69, 9.17) is 5.73 Å². The van der Waals surface area contributed by atoms with Gasteiger partial charge in [-0.1, -0.05) is 11.6 Å². The molecule has 0 saturated heterocycles. The molecule has 13 heavy (non-hydrogen) atoms. The van der Waals surface area contributed by atoms with Gasteiger partial charge in [-0.05, 0) is 27.2 Å².